The molecule has 0 aliphatic carbocycles. The van der Waals surface area contributed by atoms with Gasteiger partial charge in [0.2, 0.25) is 0 Å². The van der Waals surface area contributed by atoms with Gasteiger partial charge in [0.1, 0.15) is 5.84 Å². The summed E-state index contributed by atoms with van der Waals surface area (Å²) >= 11 is 3.33. The van der Waals surface area contributed by atoms with E-state index < -0.39 is 17.4 Å². The van der Waals surface area contributed by atoms with Gasteiger partial charge in [-0.25, -0.2) is 4.99 Å². The summed E-state index contributed by atoms with van der Waals surface area (Å²) in [5.41, 5.74) is 4.93. The number of fused-ring (bicyclic) bond motifs is 1. The summed E-state index contributed by atoms with van der Waals surface area (Å²) in [7, 11) is 0. The molecule has 2 aliphatic heterocycles. The molecule has 1 atom stereocenters. The molecule has 2 heterocycles. The summed E-state index contributed by atoms with van der Waals surface area (Å²) in [4.78, 5) is 5.60. The zero-order chi connectivity index (χ0) is 15.3. The van der Waals surface area contributed by atoms with Crippen molar-refractivity contribution < 1.29 is 13.2 Å². The smallest absolute Gasteiger partial charge is 0.329 e. The number of aliphatic imine (C=N–C) groups is 1. The summed E-state index contributed by atoms with van der Waals surface area (Å²) in [6, 6.07) is 7.13. The average Bonchev–Trinajstić information content (AvgIpc) is 2.74. The van der Waals surface area contributed by atoms with Gasteiger partial charge in [-0.2, -0.15) is 13.2 Å². The van der Waals surface area contributed by atoms with Gasteiger partial charge in [-0.3, -0.25) is 0 Å². The minimum Gasteiger partial charge on any atom is -0.329 e. The molecule has 2 aliphatic rings. The summed E-state index contributed by atoms with van der Waals surface area (Å²) in [5, 5.41) is 0. The van der Waals surface area contributed by atoms with Crippen LogP contribution in [-0.2, 0) is 5.66 Å². The average molecular weight is 358 g/mol. The van der Waals surface area contributed by atoms with E-state index in [1.54, 1.807) is 24.4 Å². The minimum atomic E-state index is -4.45. The van der Waals surface area contributed by atoms with Gasteiger partial charge in [-0.1, -0.05) is 28.1 Å². The van der Waals surface area contributed by atoms with Crippen molar-refractivity contribution in [3.8, 4) is 0 Å². The van der Waals surface area contributed by atoms with Crippen molar-refractivity contribution in [3.05, 3.63) is 58.2 Å². The summed E-state index contributed by atoms with van der Waals surface area (Å²) in [6.45, 7) is 0.169. The third-order valence-corrected chi connectivity index (χ3v) is 3.88. The fraction of sp³-hybridized carbons (Fsp3) is 0.214. The number of amidine groups is 1. The second-order valence-electron chi connectivity index (χ2n) is 4.92. The van der Waals surface area contributed by atoms with Crippen molar-refractivity contribution in [2.75, 3.05) is 6.54 Å². The zero-order valence-corrected chi connectivity index (χ0v) is 12.3. The van der Waals surface area contributed by atoms with Crippen molar-refractivity contribution in [2.45, 2.75) is 11.8 Å². The fourth-order valence-corrected chi connectivity index (χ4v) is 2.81. The van der Waals surface area contributed by atoms with Crippen LogP contribution in [0.1, 0.15) is 5.56 Å². The second-order valence-corrected chi connectivity index (χ2v) is 5.83. The van der Waals surface area contributed by atoms with Gasteiger partial charge in [0, 0.05) is 10.7 Å². The molecule has 110 valence electrons. The van der Waals surface area contributed by atoms with E-state index in [1.807, 2.05) is 6.07 Å². The predicted molar refractivity (Wildman–Crippen MR) is 77.4 cm³/mol. The fourth-order valence-electron chi connectivity index (χ4n) is 2.41. The van der Waals surface area contributed by atoms with E-state index in [0.717, 1.165) is 10.5 Å². The van der Waals surface area contributed by atoms with E-state index >= 15 is 0 Å². The molecule has 0 amide bonds. The highest BCUT2D eigenvalue weighted by atomic mass is 79.9. The van der Waals surface area contributed by atoms with Crippen LogP contribution in [-0.4, -0.2) is 23.5 Å². The lowest BCUT2D eigenvalue weighted by Crippen LogP contribution is -2.40. The molecular formula is C14H11BrF3N3. The molecule has 7 heteroatoms. The van der Waals surface area contributed by atoms with Crippen LogP contribution < -0.4 is 5.73 Å². The Labute approximate surface area is 127 Å². The van der Waals surface area contributed by atoms with Crippen molar-refractivity contribution in [2.24, 2.45) is 10.7 Å². The first kappa shape index (κ1) is 14.3. The van der Waals surface area contributed by atoms with Gasteiger partial charge < -0.3 is 10.6 Å². The van der Waals surface area contributed by atoms with Crippen LogP contribution in [0, 0.1) is 0 Å². The Morgan fingerprint density at radius 1 is 1.33 bits per heavy atom. The van der Waals surface area contributed by atoms with E-state index in [4.69, 9.17) is 5.73 Å². The standard InChI is InChI=1S/C14H11BrF3N3/c15-10-4-1-3-9(7-10)13(19)8-21-6-2-5-11(12(21)20-13)14(16,17)18/h1-7H,8,19H2. The number of nitrogens with two attached hydrogens (primary N) is 1. The Morgan fingerprint density at radius 2 is 2.10 bits per heavy atom. The SMILES string of the molecule is NC1(c2cccc(Br)c2)CN2C=CC=C(C(F)(F)F)C2=N1. The molecule has 0 saturated carbocycles. The first-order valence-corrected chi connectivity index (χ1v) is 6.96. The number of alkyl halides is 3. The number of hydrogen-bond donors (Lipinski definition) is 1. The lowest BCUT2D eigenvalue weighted by Gasteiger charge is -2.24. The topological polar surface area (TPSA) is 41.6 Å². The quantitative estimate of drug-likeness (QED) is 0.837. The van der Waals surface area contributed by atoms with E-state index in [2.05, 4.69) is 20.9 Å². The lowest BCUT2D eigenvalue weighted by atomic mass is 10.0. The number of hydrogen-bond acceptors (Lipinski definition) is 3. The highest BCUT2D eigenvalue weighted by Gasteiger charge is 2.46. The molecule has 0 bridgehead atoms. The third-order valence-electron chi connectivity index (χ3n) is 3.39. The van der Waals surface area contributed by atoms with E-state index in [0.29, 0.717) is 5.56 Å². The molecule has 0 aromatic heterocycles. The minimum absolute atomic E-state index is 0.132. The van der Waals surface area contributed by atoms with Crippen LogP contribution in [0.25, 0.3) is 0 Å². The predicted octanol–water partition coefficient (Wildman–Crippen LogP) is 3.29. The third kappa shape index (κ3) is 2.51. The van der Waals surface area contributed by atoms with Gasteiger partial charge in [0.25, 0.3) is 0 Å². The highest BCUT2D eigenvalue weighted by Crippen LogP contribution is 2.37. The van der Waals surface area contributed by atoms with Crippen LogP contribution in [0.4, 0.5) is 13.2 Å². The molecule has 1 aromatic carbocycles. The molecule has 0 saturated heterocycles. The van der Waals surface area contributed by atoms with E-state index in [1.165, 1.54) is 11.0 Å². The normalized spacial score (nSPS) is 24.7. The number of nitrogens with zero attached hydrogens (tertiary/aromatic N) is 2. The number of benzene rings is 1. The molecule has 0 radical (unpaired) electrons. The molecule has 3 rings (SSSR count). The summed E-state index contributed by atoms with van der Waals surface area (Å²) in [6.07, 6.45) is -0.526. The van der Waals surface area contributed by atoms with Gasteiger partial charge in [-0.05, 0) is 29.8 Å². The Morgan fingerprint density at radius 3 is 2.76 bits per heavy atom. The number of halogens is 4. The van der Waals surface area contributed by atoms with Crippen molar-refractivity contribution in [1.29, 1.82) is 0 Å². The molecule has 3 nitrogen and oxygen atoms in total. The van der Waals surface area contributed by atoms with Crippen molar-refractivity contribution in [1.82, 2.24) is 4.90 Å². The van der Waals surface area contributed by atoms with E-state index in [9.17, 15) is 13.2 Å². The maximum atomic E-state index is 13.0. The highest BCUT2D eigenvalue weighted by molar-refractivity contribution is 9.10. The molecule has 0 fully saturated rings. The molecular weight excluding hydrogens is 347 g/mol. The van der Waals surface area contributed by atoms with Crippen LogP contribution in [0.3, 0.4) is 0 Å². The molecule has 1 aromatic rings. The summed E-state index contributed by atoms with van der Waals surface area (Å²) < 4.78 is 39.9. The van der Waals surface area contributed by atoms with Crippen LogP contribution in [0.5, 0.6) is 0 Å². The Hall–Kier alpha value is -1.60. The van der Waals surface area contributed by atoms with Crippen LogP contribution >= 0.6 is 15.9 Å². The van der Waals surface area contributed by atoms with Gasteiger partial charge in [-0.15, -0.1) is 0 Å². The maximum Gasteiger partial charge on any atom is 0.419 e. The van der Waals surface area contributed by atoms with Crippen molar-refractivity contribution >= 4 is 21.8 Å². The Kier molecular flexibility index (Phi) is 3.22. The maximum absolute atomic E-state index is 13.0. The largest absolute Gasteiger partial charge is 0.419 e. The van der Waals surface area contributed by atoms with Crippen molar-refractivity contribution in [3.63, 3.8) is 0 Å². The Bertz CT molecular complexity index is 678. The molecule has 1 unspecified atom stereocenters. The summed E-state index contributed by atoms with van der Waals surface area (Å²) in [5.74, 6) is -0.132. The molecule has 0 spiro atoms. The number of rotatable bonds is 1. The Balaban J connectivity index is 2.05. The van der Waals surface area contributed by atoms with Gasteiger partial charge in [0.15, 0.2) is 5.66 Å². The van der Waals surface area contributed by atoms with Crippen LogP contribution in [0.2, 0.25) is 0 Å². The zero-order valence-electron chi connectivity index (χ0n) is 10.7. The molecule has 2 N–H and O–H groups in total. The monoisotopic (exact) mass is 357 g/mol. The van der Waals surface area contributed by atoms with Gasteiger partial charge in [0.05, 0.1) is 12.1 Å². The lowest BCUT2D eigenvalue weighted by molar-refractivity contribution is -0.0868. The first-order valence-electron chi connectivity index (χ1n) is 6.17. The van der Waals surface area contributed by atoms with Gasteiger partial charge >= 0.3 is 6.18 Å². The van der Waals surface area contributed by atoms with E-state index in [-0.39, 0.29) is 12.4 Å². The number of allylic oxidation sites excluding steroid dienone is 2. The second kappa shape index (κ2) is 4.71. The molecule has 21 heavy (non-hydrogen) atoms. The van der Waals surface area contributed by atoms with Crippen LogP contribution in [0.15, 0.2) is 57.7 Å². The first-order chi connectivity index (χ1) is 9.79.